The van der Waals surface area contributed by atoms with E-state index in [1.165, 1.54) is 6.08 Å². The minimum Gasteiger partial charge on any atom is -0.493 e. The van der Waals surface area contributed by atoms with Gasteiger partial charge < -0.3 is 14.4 Å². The van der Waals surface area contributed by atoms with Crippen LogP contribution in [0.4, 0.5) is 5.69 Å². The second-order valence-electron chi connectivity index (χ2n) is 6.24. The molecule has 5 heteroatoms. The van der Waals surface area contributed by atoms with Crippen LogP contribution in [0.25, 0.3) is 6.08 Å². The molecule has 27 heavy (non-hydrogen) atoms. The number of hydrogen-bond donors (Lipinski definition) is 0. The fourth-order valence-corrected chi connectivity index (χ4v) is 3.06. The minimum absolute atomic E-state index is 0.0952. The molecule has 0 spiro atoms. The van der Waals surface area contributed by atoms with Crippen molar-refractivity contribution in [1.82, 2.24) is 0 Å². The highest BCUT2D eigenvalue weighted by Gasteiger charge is 2.21. The summed E-state index contributed by atoms with van der Waals surface area (Å²) in [6.45, 7) is 3.21. The summed E-state index contributed by atoms with van der Waals surface area (Å²) in [5.41, 5.74) is 2.27. The number of hydrogen-bond acceptors (Lipinski definition) is 4. The van der Waals surface area contributed by atoms with Crippen molar-refractivity contribution in [2.75, 3.05) is 25.2 Å². The Balaban J connectivity index is 1.70. The Labute approximate surface area is 159 Å². The number of carbonyl (C=O) groups excluding carboxylic acids is 2. The molecule has 3 rings (SSSR count). The number of anilines is 1. The topological polar surface area (TPSA) is 55.8 Å². The summed E-state index contributed by atoms with van der Waals surface area (Å²) in [6, 6.07) is 12.7. The van der Waals surface area contributed by atoms with Crippen molar-refractivity contribution in [1.29, 1.82) is 0 Å². The van der Waals surface area contributed by atoms with Gasteiger partial charge in [-0.25, -0.2) is 0 Å². The Morgan fingerprint density at radius 3 is 2.56 bits per heavy atom. The molecule has 2 aromatic carbocycles. The third-order valence-corrected chi connectivity index (χ3v) is 4.45. The summed E-state index contributed by atoms with van der Waals surface area (Å²) in [5.74, 6) is 1.35. The molecule has 0 bridgehead atoms. The van der Waals surface area contributed by atoms with Gasteiger partial charge in [-0.05, 0) is 61.4 Å². The Morgan fingerprint density at radius 1 is 1.15 bits per heavy atom. The molecule has 2 aromatic rings. The highest BCUT2D eigenvalue weighted by Crippen LogP contribution is 2.28. The first-order valence-electron chi connectivity index (χ1n) is 9.06. The molecule has 0 radical (unpaired) electrons. The highest BCUT2D eigenvalue weighted by atomic mass is 16.5. The number of benzene rings is 2. The van der Waals surface area contributed by atoms with Crippen molar-refractivity contribution in [3.63, 3.8) is 0 Å². The summed E-state index contributed by atoms with van der Waals surface area (Å²) in [6.07, 6.45) is 4.76. The number of rotatable bonds is 7. The van der Waals surface area contributed by atoms with E-state index >= 15 is 0 Å². The van der Waals surface area contributed by atoms with Gasteiger partial charge >= 0.3 is 0 Å². The van der Waals surface area contributed by atoms with Crippen LogP contribution in [0.15, 0.2) is 48.5 Å². The van der Waals surface area contributed by atoms with E-state index in [0.29, 0.717) is 30.1 Å². The normalized spacial score (nSPS) is 14.0. The Kier molecular flexibility index (Phi) is 5.91. The molecule has 0 N–H and O–H groups in total. The van der Waals surface area contributed by atoms with Gasteiger partial charge in [0.1, 0.15) is 0 Å². The van der Waals surface area contributed by atoms with Crippen LogP contribution in [0.3, 0.4) is 0 Å². The van der Waals surface area contributed by atoms with Gasteiger partial charge in [0.05, 0.1) is 13.7 Å². The first kappa shape index (κ1) is 18.7. The number of nitrogens with zero attached hydrogens (tertiary/aromatic N) is 1. The maximum absolute atomic E-state index is 12.4. The maximum atomic E-state index is 12.4. The largest absolute Gasteiger partial charge is 0.493 e. The molecule has 0 atom stereocenters. The zero-order chi connectivity index (χ0) is 19.2. The van der Waals surface area contributed by atoms with Gasteiger partial charge in [0.25, 0.3) is 0 Å². The van der Waals surface area contributed by atoms with Crippen molar-refractivity contribution < 1.29 is 19.1 Å². The zero-order valence-corrected chi connectivity index (χ0v) is 15.6. The van der Waals surface area contributed by atoms with Gasteiger partial charge in [-0.2, -0.15) is 0 Å². The summed E-state index contributed by atoms with van der Waals surface area (Å²) in [7, 11) is 1.59. The molecular weight excluding hydrogens is 342 g/mol. The molecule has 1 aliphatic rings. The predicted octanol–water partition coefficient (Wildman–Crippen LogP) is 4.12. The lowest BCUT2D eigenvalue weighted by molar-refractivity contribution is -0.117. The monoisotopic (exact) mass is 365 g/mol. The molecule has 0 saturated carbocycles. The lowest BCUT2D eigenvalue weighted by Crippen LogP contribution is -2.23. The number of allylic oxidation sites excluding steroid dienone is 1. The van der Waals surface area contributed by atoms with Gasteiger partial charge in [-0.3, -0.25) is 9.59 Å². The molecular formula is C22H23NO4. The SMILES string of the molecule is CCOc1ccc(/C=C/C(=O)c2ccc(N3CCCC3=O)cc2)cc1OC. The van der Waals surface area contributed by atoms with Gasteiger partial charge in [-0.1, -0.05) is 12.1 Å². The number of amides is 1. The quantitative estimate of drug-likeness (QED) is 0.547. The third-order valence-electron chi connectivity index (χ3n) is 4.45. The van der Waals surface area contributed by atoms with E-state index in [4.69, 9.17) is 9.47 Å². The van der Waals surface area contributed by atoms with Crippen LogP contribution >= 0.6 is 0 Å². The van der Waals surface area contributed by atoms with Crippen LogP contribution in [-0.2, 0) is 4.79 Å². The Hall–Kier alpha value is -3.08. The predicted molar refractivity (Wildman–Crippen MR) is 106 cm³/mol. The van der Waals surface area contributed by atoms with E-state index in [9.17, 15) is 9.59 Å². The van der Waals surface area contributed by atoms with Gasteiger partial charge in [0.2, 0.25) is 5.91 Å². The van der Waals surface area contributed by atoms with Crippen molar-refractivity contribution in [2.24, 2.45) is 0 Å². The van der Waals surface area contributed by atoms with E-state index < -0.39 is 0 Å². The smallest absolute Gasteiger partial charge is 0.227 e. The van der Waals surface area contributed by atoms with Gasteiger partial charge in [0, 0.05) is 24.2 Å². The molecule has 5 nitrogen and oxygen atoms in total. The van der Waals surface area contributed by atoms with Crippen LogP contribution in [0.5, 0.6) is 11.5 Å². The molecule has 0 aromatic heterocycles. The average molecular weight is 365 g/mol. The lowest BCUT2D eigenvalue weighted by Gasteiger charge is -2.15. The van der Waals surface area contributed by atoms with Crippen LogP contribution < -0.4 is 14.4 Å². The lowest BCUT2D eigenvalue weighted by atomic mass is 10.1. The number of carbonyl (C=O) groups is 2. The number of ether oxygens (including phenoxy) is 2. The summed E-state index contributed by atoms with van der Waals surface area (Å²) >= 11 is 0. The first-order valence-corrected chi connectivity index (χ1v) is 9.06. The van der Waals surface area contributed by atoms with Crippen molar-refractivity contribution in [3.8, 4) is 11.5 Å². The van der Waals surface area contributed by atoms with Crippen LogP contribution in [0.1, 0.15) is 35.7 Å². The summed E-state index contributed by atoms with van der Waals surface area (Å²) in [5, 5.41) is 0. The summed E-state index contributed by atoms with van der Waals surface area (Å²) < 4.78 is 10.8. The number of ketones is 1. The van der Waals surface area contributed by atoms with E-state index in [1.54, 1.807) is 30.2 Å². The molecule has 1 aliphatic heterocycles. The van der Waals surface area contributed by atoms with Crippen LogP contribution in [-0.4, -0.2) is 32.0 Å². The van der Waals surface area contributed by atoms with Crippen LogP contribution in [0.2, 0.25) is 0 Å². The second-order valence-corrected chi connectivity index (χ2v) is 6.24. The fraction of sp³-hybridized carbons (Fsp3) is 0.273. The van der Waals surface area contributed by atoms with Gasteiger partial charge in [-0.15, -0.1) is 0 Å². The molecule has 0 aliphatic carbocycles. The first-order chi connectivity index (χ1) is 13.1. The van der Waals surface area contributed by atoms with Gasteiger partial charge in [0.15, 0.2) is 17.3 Å². The minimum atomic E-state index is -0.0952. The highest BCUT2D eigenvalue weighted by molar-refractivity contribution is 6.07. The average Bonchev–Trinajstić information content (AvgIpc) is 3.13. The molecule has 140 valence electrons. The van der Waals surface area contributed by atoms with E-state index in [-0.39, 0.29) is 11.7 Å². The third kappa shape index (κ3) is 4.37. The van der Waals surface area contributed by atoms with E-state index in [1.807, 2.05) is 37.3 Å². The Morgan fingerprint density at radius 2 is 1.93 bits per heavy atom. The van der Waals surface area contributed by atoms with Crippen molar-refractivity contribution in [2.45, 2.75) is 19.8 Å². The summed E-state index contributed by atoms with van der Waals surface area (Å²) in [4.78, 5) is 26.0. The molecule has 1 saturated heterocycles. The second kappa shape index (κ2) is 8.54. The van der Waals surface area contributed by atoms with Crippen LogP contribution in [0, 0.1) is 0 Å². The van der Waals surface area contributed by atoms with Crippen molar-refractivity contribution in [3.05, 3.63) is 59.7 Å². The van der Waals surface area contributed by atoms with Crippen molar-refractivity contribution >= 4 is 23.5 Å². The molecule has 1 heterocycles. The molecule has 0 unspecified atom stereocenters. The zero-order valence-electron chi connectivity index (χ0n) is 15.6. The maximum Gasteiger partial charge on any atom is 0.227 e. The molecule has 1 amide bonds. The standard InChI is InChI=1S/C22H23NO4/c1-3-27-20-13-7-16(15-21(20)26-2)6-12-19(24)17-8-10-18(11-9-17)23-14-4-5-22(23)25/h6-13,15H,3-5,14H2,1-2H3/b12-6+. The molecule has 1 fully saturated rings. The van der Waals surface area contributed by atoms with E-state index in [2.05, 4.69) is 0 Å². The fourth-order valence-electron chi connectivity index (χ4n) is 3.06. The Bertz CT molecular complexity index is 855. The van der Waals surface area contributed by atoms with E-state index in [0.717, 1.165) is 24.2 Å². The number of methoxy groups -OCH3 is 1.